The van der Waals surface area contributed by atoms with Crippen LogP contribution in [0.15, 0.2) is 0 Å². The summed E-state index contributed by atoms with van der Waals surface area (Å²) >= 11 is 6.91. The van der Waals surface area contributed by atoms with E-state index in [2.05, 4.69) is 24.5 Å². The number of anilines is 1. The van der Waals surface area contributed by atoms with E-state index in [4.69, 9.17) is 17.0 Å². The highest BCUT2D eigenvalue weighted by Gasteiger charge is 2.20. The van der Waals surface area contributed by atoms with Gasteiger partial charge in [-0.05, 0) is 44.0 Å². The maximum Gasteiger partial charge on any atom is 0.341 e. The molecule has 1 unspecified atom stereocenters. The molecule has 1 rings (SSSR count). The number of unbranched alkanes of at least 4 members (excludes halogenated alkanes) is 1. The molecule has 0 aromatic carbocycles. The molecule has 0 fully saturated rings. The maximum atomic E-state index is 12.0. The zero-order valence-electron chi connectivity index (χ0n) is 14.7. The number of carbonyl (C=O) groups excluding carboxylic acids is 1. The highest BCUT2D eigenvalue weighted by Crippen LogP contribution is 2.32. The Hall–Kier alpha value is -1.14. The second kappa shape index (κ2) is 9.88. The first-order valence-electron chi connectivity index (χ1n) is 8.17. The minimum absolute atomic E-state index is 0.327. The molecule has 6 heteroatoms. The summed E-state index contributed by atoms with van der Waals surface area (Å²) in [5, 5.41) is 7.76. The van der Waals surface area contributed by atoms with Gasteiger partial charge in [0.25, 0.3) is 0 Å². The third-order valence-electron chi connectivity index (χ3n) is 4.10. The van der Waals surface area contributed by atoms with Crippen LogP contribution in [-0.2, 0) is 4.74 Å². The lowest BCUT2D eigenvalue weighted by Gasteiger charge is -2.17. The molecule has 1 aromatic heterocycles. The average molecular weight is 357 g/mol. The van der Waals surface area contributed by atoms with E-state index in [1.807, 2.05) is 13.8 Å². The van der Waals surface area contributed by atoms with Crippen LogP contribution in [0.5, 0.6) is 0 Å². The lowest BCUT2D eigenvalue weighted by atomic mass is 9.99. The number of thiophene rings is 1. The number of aryl methyl sites for hydroxylation is 1. The Labute approximate surface area is 149 Å². The standard InChI is InChI=1S/C17H28N2O2S2/c1-6-8-9-13(7-2)10-18-17(22)19-15-14(16(20)21-5)11(3)12(4)23-15/h13H,6-10H2,1-5H3,(H2,18,19,22). The van der Waals surface area contributed by atoms with Crippen molar-refractivity contribution in [2.24, 2.45) is 5.92 Å². The van der Waals surface area contributed by atoms with E-state index in [1.54, 1.807) is 0 Å². The van der Waals surface area contributed by atoms with Crippen LogP contribution in [0.25, 0.3) is 0 Å². The zero-order chi connectivity index (χ0) is 17.4. The molecule has 23 heavy (non-hydrogen) atoms. The van der Waals surface area contributed by atoms with E-state index in [-0.39, 0.29) is 5.97 Å². The average Bonchev–Trinajstić information content (AvgIpc) is 2.81. The fourth-order valence-corrected chi connectivity index (χ4v) is 3.69. The summed E-state index contributed by atoms with van der Waals surface area (Å²) in [6.45, 7) is 9.20. The Bertz CT molecular complexity index is 541. The van der Waals surface area contributed by atoms with Gasteiger partial charge in [-0.2, -0.15) is 0 Å². The van der Waals surface area contributed by atoms with Crippen molar-refractivity contribution in [3.05, 3.63) is 16.0 Å². The summed E-state index contributed by atoms with van der Waals surface area (Å²) in [5.74, 6) is 0.299. The first kappa shape index (κ1) is 19.9. The molecule has 0 bridgehead atoms. The summed E-state index contributed by atoms with van der Waals surface area (Å²) in [7, 11) is 1.40. The molecule has 1 heterocycles. The number of hydrogen-bond donors (Lipinski definition) is 2. The highest BCUT2D eigenvalue weighted by atomic mass is 32.1. The highest BCUT2D eigenvalue weighted by molar-refractivity contribution is 7.80. The van der Waals surface area contributed by atoms with Crippen molar-refractivity contribution in [3.8, 4) is 0 Å². The number of methoxy groups -OCH3 is 1. The van der Waals surface area contributed by atoms with Crippen molar-refractivity contribution >= 4 is 39.6 Å². The van der Waals surface area contributed by atoms with Crippen LogP contribution >= 0.6 is 23.6 Å². The van der Waals surface area contributed by atoms with E-state index in [0.717, 1.165) is 28.4 Å². The minimum Gasteiger partial charge on any atom is -0.465 e. The zero-order valence-corrected chi connectivity index (χ0v) is 16.4. The molecular formula is C17H28N2O2S2. The predicted molar refractivity (Wildman–Crippen MR) is 103 cm³/mol. The second-order valence-corrected chi connectivity index (χ2v) is 7.36. The van der Waals surface area contributed by atoms with E-state index in [1.165, 1.54) is 37.7 Å². The van der Waals surface area contributed by atoms with Crippen LogP contribution in [0.2, 0.25) is 0 Å². The molecule has 0 saturated heterocycles. The molecule has 0 aliphatic carbocycles. The van der Waals surface area contributed by atoms with Gasteiger partial charge in [0.1, 0.15) is 5.00 Å². The van der Waals surface area contributed by atoms with Gasteiger partial charge in [0.15, 0.2) is 5.11 Å². The molecule has 0 aliphatic rings. The Morgan fingerprint density at radius 2 is 2.04 bits per heavy atom. The van der Waals surface area contributed by atoms with Gasteiger partial charge in [0, 0.05) is 11.4 Å². The van der Waals surface area contributed by atoms with Gasteiger partial charge >= 0.3 is 5.97 Å². The first-order valence-corrected chi connectivity index (χ1v) is 9.40. The van der Waals surface area contributed by atoms with E-state index in [9.17, 15) is 4.79 Å². The van der Waals surface area contributed by atoms with Crippen LogP contribution in [0.3, 0.4) is 0 Å². The number of carbonyl (C=O) groups is 1. The van der Waals surface area contributed by atoms with Gasteiger partial charge in [-0.25, -0.2) is 4.79 Å². The number of ether oxygens (including phenoxy) is 1. The smallest absolute Gasteiger partial charge is 0.341 e. The third kappa shape index (κ3) is 5.77. The molecule has 130 valence electrons. The fraction of sp³-hybridized carbons (Fsp3) is 0.647. The van der Waals surface area contributed by atoms with Crippen molar-refractivity contribution in [1.29, 1.82) is 0 Å². The van der Waals surface area contributed by atoms with Gasteiger partial charge < -0.3 is 15.4 Å². The monoisotopic (exact) mass is 356 g/mol. The molecule has 0 saturated carbocycles. The Morgan fingerprint density at radius 1 is 1.35 bits per heavy atom. The van der Waals surface area contributed by atoms with Gasteiger partial charge in [0.2, 0.25) is 0 Å². The Morgan fingerprint density at radius 3 is 2.61 bits per heavy atom. The molecule has 4 nitrogen and oxygen atoms in total. The lowest BCUT2D eigenvalue weighted by Crippen LogP contribution is -2.33. The molecule has 0 amide bonds. The van der Waals surface area contributed by atoms with Crippen LogP contribution in [0.1, 0.15) is 60.3 Å². The van der Waals surface area contributed by atoms with Crippen molar-refractivity contribution in [2.75, 3.05) is 19.0 Å². The first-order chi connectivity index (χ1) is 10.9. The third-order valence-corrected chi connectivity index (χ3v) is 5.47. The normalized spacial score (nSPS) is 11.9. The Kier molecular flexibility index (Phi) is 8.55. The van der Waals surface area contributed by atoms with Gasteiger partial charge in [-0.1, -0.05) is 33.1 Å². The maximum absolute atomic E-state index is 12.0. The summed E-state index contributed by atoms with van der Waals surface area (Å²) in [6.07, 6.45) is 4.82. The molecule has 0 aliphatic heterocycles. The second-order valence-electron chi connectivity index (χ2n) is 5.73. The van der Waals surface area contributed by atoms with E-state index in [0.29, 0.717) is 16.6 Å². The van der Waals surface area contributed by atoms with Gasteiger partial charge in [-0.3, -0.25) is 0 Å². The number of thiocarbonyl (C=S) groups is 1. The summed E-state index contributed by atoms with van der Waals surface area (Å²) < 4.78 is 4.88. The quantitative estimate of drug-likeness (QED) is 0.524. The molecule has 1 atom stereocenters. The SMILES string of the molecule is CCCCC(CC)CNC(=S)Nc1sc(C)c(C)c1C(=O)OC. The van der Waals surface area contributed by atoms with Crippen molar-refractivity contribution in [2.45, 2.75) is 53.4 Å². The topological polar surface area (TPSA) is 50.4 Å². The van der Waals surface area contributed by atoms with E-state index >= 15 is 0 Å². The van der Waals surface area contributed by atoms with Crippen molar-refractivity contribution in [1.82, 2.24) is 5.32 Å². The van der Waals surface area contributed by atoms with Crippen LogP contribution in [0, 0.1) is 19.8 Å². The molecule has 0 radical (unpaired) electrons. The summed E-state index contributed by atoms with van der Waals surface area (Å²) in [4.78, 5) is 13.0. The molecular weight excluding hydrogens is 328 g/mol. The van der Waals surface area contributed by atoms with Gasteiger partial charge in [-0.15, -0.1) is 11.3 Å². The van der Waals surface area contributed by atoms with E-state index < -0.39 is 0 Å². The lowest BCUT2D eigenvalue weighted by molar-refractivity contribution is 0.0601. The fourth-order valence-electron chi connectivity index (χ4n) is 2.39. The molecule has 1 aromatic rings. The summed E-state index contributed by atoms with van der Waals surface area (Å²) in [6, 6.07) is 0. The van der Waals surface area contributed by atoms with Crippen molar-refractivity contribution in [3.63, 3.8) is 0 Å². The largest absolute Gasteiger partial charge is 0.465 e. The van der Waals surface area contributed by atoms with Crippen LogP contribution in [-0.4, -0.2) is 24.7 Å². The molecule has 2 N–H and O–H groups in total. The Balaban J connectivity index is 2.67. The number of esters is 1. The number of hydrogen-bond acceptors (Lipinski definition) is 4. The number of rotatable bonds is 8. The predicted octanol–water partition coefficient (Wildman–Crippen LogP) is 4.65. The number of nitrogens with one attached hydrogen (secondary N) is 2. The van der Waals surface area contributed by atoms with Gasteiger partial charge in [0.05, 0.1) is 12.7 Å². The van der Waals surface area contributed by atoms with Crippen molar-refractivity contribution < 1.29 is 9.53 Å². The van der Waals surface area contributed by atoms with Crippen LogP contribution < -0.4 is 10.6 Å². The summed E-state index contributed by atoms with van der Waals surface area (Å²) in [5.41, 5.74) is 1.53. The van der Waals surface area contributed by atoms with Crippen LogP contribution in [0.4, 0.5) is 5.00 Å². The molecule has 0 spiro atoms. The minimum atomic E-state index is -0.327.